The Kier molecular flexibility index (Phi) is 4.68. The van der Waals surface area contributed by atoms with Gasteiger partial charge < -0.3 is 10.1 Å². The molecule has 0 fully saturated rings. The van der Waals surface area contributed by atoms with Crippen molar-refractivity contribution in [2.24, 2.45) is 0 Å². The van der Waals surface area contributed by atoms with Gasteiger partial charge >= 0.3 is 0 Å². The molecular formula is C21H19N3O3S. The summed E-state index contributed by atoms with van der Waals surface area (Å²) in [6.07, 6.45) is 3.74. The number of rotatable bonds is 4. The lowest BCUT2D eigenvalue weighted by molar-refractivity contribution is 0.0620. The molecule has 0 unspecified atom stereocenters. The fourth-order valence-electron chi connectivity index (χ4n) is 3.08. The van der Waals surface area contributed by atoms with E-state index in [1.165, 1.54) is 11.3 Å². The largest absolute Gasteiger partial charge is 0.487 e. The van der Waals surface area contributed by atoms with E-state index in [2.05, 4.69) is 15.3 Å². The predicted octanol–water partition coefficient (Wildman–Crippen LogP) is 3.88. The number of hydrogen-bond donors (Lipinski definition) is 1. The second-order valence-corrected chi connectivity index (χ2v) is 8.09. The van der Waals surface area contributed by atoms with Crippen LogP contribution in [-0.2, 0) is 6.54 Å². The van der Waals surface area contributed by atoms with E-state index in [4.69, 9.17) is 4.74 Å². The molecule has 1 aliphatic rings. The van der Waals surface area contributed by atoms with Gasteiger partial charge in [0.25, 0.3) is 5.91 Å². The van der Waals surface area contributed by atoms with Crippen LogP contribution in [0.1, 0.15) is 46.7 Å². The molecule has 0 spiro atoms. The number of nitrogens with one attached hydrogen (secondary N) is 1. The third kappa shape index (κ3) is 3.80. The third-order valence-electron chi connectivity index (χ3n) is 4.42. The number of fused-ring (bicyclic) bond motifs is 1. The van der Waals surface area contributed by atoms with Crippen LogP contribution in [-0.4, -0.2) is 27.3 Å². The fourth-order valence-corrected chi connectivity index (χ4v) is 3.91. The van der Waals surface area contributed by atoms with Gasteiger partial charge in [-0.15, -0.1) is 11.3 Å². The van der Waals surface area contributed by atoms with Crippen LogP contribution in [0.15, 0.2) is 48.1 Å². The predicted molar refractivity (Wildman–Crippen MR) is 107 cm³/mol. The van der Waals surface area contributed by atoms with Crippen LogP contribution < -0.4 is 10.1 Å². The molecular weight excluding hydrogens is 374 g/mol. The number of aromatic nitrogens is 2. The van der Waals surface area contributed by atoms with Crippen LogP contribution in [0.25, 0.3) is 10.6 Å². The summed E-state index contributed by atoms with van der Waals surface area (Å²) in [6.45, 7) is 4.07. The molecule has 1 aromatic carbocycles. The highest BCUT2D eigenvalue weighted by molar-refractivity contribution is 7.13. The molecule has 0 aliphatic carbocycles. The minimum absolute atomic E-state index is 0.0117. The molecule has 6 nitrogen and oxygen atoms in total. The number of hydrogen-bond acceptors (Lipinski definition) is 6. The first-order valence-corrected chi connectivity index (χ1v) is 9.78. The number of carbonyl (C=O) groups excluding carboxylic acids is 2. The van der Waals surface area contributed by atoms with Crippen LogP contribution in [0, 0.1) is 0 Å². The quantitative estimate of drug-likeness (QED) is 0.727. The summed E-state index contributed by atoms with van der Waals surface area (Å²) in [7, 11) is 0. The molecule has 7 heteroatoms. The number of amides is 1. The SMILES string of the molecule is CC1(C)CC(=O)c2cc(C(=O)NCc3csc(-c4ccncc4)n3)ccc2O1. The van der Waals surface area contributed by atoms with Gasteiger partial charge in [-0.3, -0.25) is 14.6 Å². The molecule has 0 atom stereocenters. The summed E-state index contributed by atoms with van der Waals surface area (Å²) in [5.74, 6) is 0.264. The highest BCUT2D eigenvalue weighted by Crippen LogP contribution is 2.33. The van der Waals surface area contributed by atoms with Crippen molar-refractivity contribution >= 4 is 23.0 Å². The summed E-state index contributed by atoms with van der Waals surface area (Å²) in [6, 6.07) is 8.76. The van der Waals surface area contributed by atoms with E-state index in [0.717, 1.165) is 16.3 Å². The van der Waals surface area contributed by atoms with Crippen molar-refractivity contribution in [1.29, 1.82) is 0 Å². The first-order valence-electron chi connectivity index (χ1n) is 8.90. The molecule has 0 radical (unpaired) electrons. The molecule has 142 valence electrons. The maximum Gasteiger partial charge on any atom is 0.251 e. The van der Waals surface area contributed by atoms with Gasteiger partial charge in [-0.05, 0) is 44.2 Å². The highest BCUT2D eigenvalue weighted by atomic mass is 32.1. The number of nitrogens with zero attached hydrogens (tertiary/aromatic N) is 2. The van der Waals surface area contributed by atoms with Crippen LogP contribution in [0.3, 0.4) is 0 Å². The maximum absolute atomic E-state index is 12.5. The zero-order valence-electron chi connectivity index (χ0n) is 15.6. The summed E-state index contributed by atoms with van der Waals surface area (Å²) >= 11 is 1.52. The molecule has 1 aliphatic heterocycles. The first-order chi connectivity index (χ1) is 13.4. The Balaban J connectivity index is 1.44. The molecule has 2 aromatic heterocycles. The van der Waals surface area contributed by atoms with Crippen LogP contribution in [0.4, 0.5) is 0 Å². The van der Waals surface area contributed by atoms with Gasteiger partial charge in [-0.2, -0.15) is 0 Å². The Labute approximate surface area is 166 Å². The molecule has 1 N–H and O–H groups in total. The first kappa shape index (κ1) is 18.3. The summed E-state index contributed by atoms with van der Waals surface area (Å²) < 4.78 is 5.83. The molecule has 3 heterocycles. The zero-order chi connectivity index (χ0) is 19.7. The van der Waals surface area contributed by atoms with Crippen LogP contribution in [0.5, 0.6) is 5.75 Å². The standard InChI is InChI=1S/C21H19N3O3S/c1-21(2)10-17(25)16-9-14(3-4-18(16)27-21)19(26)23-11-15-12-28-20(24-15)13-5-7-22-8-6-13/h3-9,12H,10-11H2,1-2H3,(H,23,26). The van der Waals surface area contributed by atoms with Crippen molar-refractivity contribution < 1.29 is 14.3 Å². The summed E-state index contributed by atoms with van der Waals surface area (Å²) in [5.41, 5.74) is 2.14. The number of thiazole rings is 1. The maximum atomic E-state index is 12.5. The zero-order valence-corrected chi connectivity index (χ0v) is 16.4. The second kappa shape index (κ2) is 7.16. The molecule has 0 bridgehead atoms. The van der Waals surface area contributed by atoms with Crippen molar-refractivity contribution in [3.8, 4) is 16.3 Å². The molecule has 3 aromatic rings. The lowest BCUT2D eigenvalue weighted by atomic mass is 9.92. The van der Waals surface area contributed by atoms with E-state index in [0.29, 0.717) is 29.8 Å². The minimum Gasteiger partial charge on any atom is -0.487 e. The number of ether oxygens (including phenoxy) is 1. The average Bonchev–Trinajstić information content (AvgIpc) is 3.15. The topological polar surface area (TPSA) is 81.2 Å². The number of Topliss-reactive ketones (excluding diaryl/α,β-unsaturated/α-hetero) is 1. The average molecular weight is 393 g/mol. The lowest BCUT2D eigenvalue weighted by Gasteiger charge is -2.31. The molecule has 4 rings (SSSR count). The van der Waals surface area contributed by atoms with E-state index in [1.54, 1.807) is 30.6 Å². The van der Waals surface area contributed by atoms with Gasteiger partial charge in [-0.25, -0.2) is 4.98 Å². The molecule has 0 saturated carbocycles. The van der Waals surface area contributed by atoms with E-state index < -0.39 is 5.60 Å². The van der Waals surface area contributed by atoms with Crippen molar-refractivity contribution in [2.45, 2.75) is 32.4 Å². The number of ketones is 1. The van der Waals surface area contributed by atoms with E-state index in [9.17, 15) is 9.59 Å². The monoisotopic (exact) mass is 393 g/mol. The fraction of sp³-hybridized carbons (Fsp3) is 0.238. The van der Waals surface area contributed by atoms with Gasteiger partial charge in [0.2, 0.25) is 0 Å². The van der Waals surface area contributed by atoms with Gasteiger partial charge in [-0.1, -0.05) is 0 Å². The Morgan fingerprint density at radius 1 is 1.25 bits per heavy atom. The third-order valence-corrected chi connectivity index (χ3v) is 5.36. The number of pyridine rings is 1. The van der Waals surface area contributed by atoms with Crippen LogP contribution in [0.2, 0.25) is 0 Å². The Morgan fingerprint density at radius 3 is 2.82 bits per heavy atom. The van der Waals surface area contributed by atoms with Gasteiger partial charge in [0, 0.05) is 28.9 Å². The number of benzene rings is 1. The Hall–Kier alpha value is -3.06. The molecule has 1 amide bonds. The van der Waals surface area contributed by atoms with Crippen molar-refractivity contribution in [1.82, 2.24) is 15.3 Å². The van der Waals surface area contributed by atoms with Crippen molar-refractivity contribution in [2.75, 3.05) is 0 Å². The minimum atomic E-state index is -0.523. The van der Waals surface area contributed by atoms with Gasteiger partial charge in [0.1, 0.15) is 16.4 Å². The Morgan fingerprint density at radius 2 is 2.04 bits per heavy atom. The second-order valence-electron chi connectivity index (χ2n) is 7.24. The van der Waals surface area contributed by atoms with Crippen LogP contribution >= 0.6 is 11.3 Å². The van der Waals surface area contributed by atoms with Crippen molar-refractivity contribution in [3.05, 3.63) is 64.9 Å². The lowest BCUT2D eigenvalue weighted by Crippen LogP contribution is -2.36. The van der Waals surface area contributed by atoms with Gasteiger partial charge in [0.15, 0.2) is 5.78 Å². The van der Waals surface area contributed by atoms with E-state index in [1.807, 2.05) is 31.4 Å². The molecule has 0 saturated heterocycles. The highest BCUT2D eigenvalue weighted by Gasteiger charge is 2.32. The van der Waals surface area contributed by atoms with Gasteiger partial charge in [0.05, 0.1) is 24.2 Å². The molecule has 28 heavy (non-hydrogen) atoms. The normalized spacial score (nSPS) is 14.9. The summed E-state index contributed by atoms with van der Waals surface area (Å²) in [5, 5.41) is 5.66. The van der Waals surface area contributed by atoms with Crippen molar-refractivity contribution in [3.63, 3.8) is 0 Å². The summed E-state index contributed by atoms with van der Waals surface area (Å²) in [4.78, 5) is 33.4. The van der Waals surface area contributed by atoms with E-state index >= 15 is 0 Å². The van der Waals surface area contributed by atoms with E-state index in [-0.39, 0.29) is 11.7 Å². The number of carbonyl (C=O) groups is 2. The smallest absolute Gasteiger partial charge is 0.251 e. The Bertz CT molecular complexity index is 1040.